The summed E-state index contributed by atoms with van der Waals surface area (Å²) in [7, 11) is 1.66. The first kappa shape index (κ1) is 9.83. The number of hydroxylamine groups is 1. The van der Waals surface area contributed by atoms with E-state index in [4.69, 9.17) is 22.2 Å². The van der Waals surface area contributed by atoms with Gasteiger partial charge in [-0.3, -0.25) is 10.6 Å². The van der Waals surface area contributed by atoms with Gasteiger partial charge in [-0.05, 0) is 24.3 Å². The van der Waals surface area contributed by atoms with E-state index >= 15 is 0 Å². The Morgan fingerprint density at radius 1 is 1.46 bits per heavy atom. The molecule has 1 rings (SSSR count). The summed E-state index contributed by atoms with van der Waals surface area (Å²) in [6, 6.07) is 6.96. The van der Waals surface area contributed by atoms with Crippen LogP contribution in [0.4, 0.5) is 5.69 Å². The van der Waals surface area contributed by atoms with Crippen molar-refractivity contribution in [2.45, 2.75) is 0 Å². The van der Waals surface area contributed by atoms with Crippen molar-refractivity contribution in [1.82, 2.24) is 5.48 Å². The number of rotatable bonds is 1. The molecule has 0 aromatic heterocycles. The molecule has 1 aromatic carbocycles. The first-order chi connectivity index (χ1) is 6.15. The Labute approximate surface area is 81.2 Å². The van der Waals surface area contributed by atoms with Crippen LogP contribution in [-0.2, 0) is 0 Å². The highest BCUT2D eigenvalue weighted by atomic mass is 35.5. The van der Waals surface area contributed by atoms with Crippen molar-refractivity contribution in [2.24, 2.45) is 0 Å². The monoisotopic (exact) mass is 199 g/mol. The number of guanidine groups is 1. The zero-order valence-corrected chi connectivity index (χ0v) is 7.84. The standard InChI is InChI=1S/C8H10ClN3O/c1-12(8(10)11-13)7-4-2-6(9)3-5-7/h2-5,13H,1H3,(H2,10,11). The Morgan fingerprint density at radius 2 is 2.00 bits per heavy atom. The molecule has 0 atom stereocenters. The highest BCUT2D eigenvalue weighted by molar-refractivity contribution is 6.30. The molecule has 0 saturated heterocycles. The van der Waals surface area contributed by atoms with Gasteiger partial charge in [0.1, 0.15) is 0 Å². The Balaban J connectivity index is 2.83. The molecule has 1 aromatic rings. The van der Waals surface area contributed by atoms with E-state index in [2.05, 4.69) is 0 Å². The van der Waals surface area contributed by atoms with E-state index in [0.717, 1.165) is 5.69 Å². The van der Waals surface area contributed by atoms with Gasteiger partial charge in [-0.15, -0.1) is 0 Å². The molecule has 13 heavy (non-hydrogen) atoms. The van der Waals surface area contributed by atoms with Gasteiger partial charge in [0.25, 0.3) is 0 Å². The minimum Gasteiger partial charge on any atom is -0.314 e. The second-order valence-electron chi connectivity index (χ2n) is 2.50. The first-order valence-corrected chi connectivity index (χ1v) is 4.01. The van der Waals surface area contributed by atoms with Crippen molar-refractivity contribution in [3.63, 3.8) is 0 Å². The molecule has 0 heterocycles. The average Bonchev–Trinajstić information content (AvgIpc) is 2.17. The highest BCUT2D eigenvalue weighted by Gasteiger charge is 2.04. The molecule has 0 bridgehead atoms. The summed E-state index contributed by atoms with van der Waals surface area (Å²) in [5.74, 6) is -0.0951. The molecule has 0 radical (unpaired) electrons. The van der Waals surface area contributed by atoms with Crippen molar-refractivity contribution in [3.05, 3.63) is 29.3 Å². The third-order valence-corrected chi connectivity index (χ3v) is 1.91. The molecule has 0 saturated carbocycles. The quantitative estimate of drug-likeness (QED) is 0.367. The first-order valence-electron chi connectivity index (χ1n) is 3.63. The molecule has 0 aliphatic rings. The zero-order chi connectivity index (χ0) is 9.84. The molecular weight excluding hydrogens is 190 g/mol. The van der Waals surface area contributed by atoms with Crippen LogP contribution in [-0.4, -0.2) is 18.2 Å². The van der Waals surface area contributed by atoms with Gasteiger partial charge >= 0.3 is 0 Å². The Morgan fingerprint density at radius 3 is 2.46 bits per heavy atom. The van der Waals surface area contributed by atoms with Crippen LogP contribution < -0.4 is 10.4 Å². The maximum Gasteiger partial charge on any atom is 0.219 e. The van der Waals surface area contributed by atoms with E-state index in [1.165, 1.54) is 4.90 Å². The number of benzene rings is 1. The van der Waals surface area contributed by atoms with Crippen molar-refractivity contribution in [2.75, 3.05) is 11.9 Å². The van der Waals surface area contributed by atoms with Crippen LogP contribution in [0.15, 0.2) is 24.3 Å². The summed E-state index contributed by atoms with van der Waals surface area (Å²) in [6.07, 6.45) is 0. The molecule has 0 fully saturated rings. The summed E-state index contributed by atoms with van der Waals surface area (Å²) < 4.78 is 0. The maximum absolute atomic E-state index is 8.48. The number of nitrogens with zero attached hydrogens (tertiary/aromatic N) is 1. The lowest BCUT2D eigenvalue weighted by atomic mass is 10.3. The van der Waals surface area contributed by atoms with Crippen molar-refractivity contribution >= 4 is 23.2 Å². The van der Waals surface area contributed by atoms with Crippen LogP contribution in [0, 0.1) is 5.41 Å². The fourth-order valence-electron chi connectivity index (χ4n) is 0.869. The van der Waals surface area contributed by atoms with Gasteiger partial charge in [-0.2, -0.15) is 0 Å². The molecule has 4 nitrogen and oxygen atoms in total. The van der Waals surface area contributed by atoms with E-state index in [-0.39, 0.29) is 5.96 Å². The third kappa shape index (κ3) is 2.34. The van der Waals surface area contributed by atoms with E-state index in [0.29, 0.717) is 5.02 Å². The summed E-state index contributed by atoms with van der Waals surface area (Å²) in [5, 5.41) is 16.4. The largest absolute Gasteiger partial charge is 0.314 e. The Kier molecular flexibility index (Phi) is 3.11. The summed E-state index contributed by atoms with van der Waals surface area (Å²) in [6.45, 7) is 0. The molecule has 0 aliphatic heterocycles. The summed E-state index contributed by atoms with van der Waals surface area (Å²) in [5.41, 5.74) is 2.53. The van der Waals surface area contributed by atoms with Gasteiger partial charge in [0.2, 0.25) is 5.96 Å². The van der Waals surface area contributed by atoms with Crippen LogP contribution in [0.25, 0.3) is 0 Å². The average molecular weight is 200 g/mol. The SMILES string of the molecule is CN(C(=N)NO)c1ccc(Cl)cc1. The van der Waals surface area contributed by atoms with Crippen molar-refractivity contribution in [3.8, 4) is 0 Å². The fourth-order valence-corrected chi connectivity index (χ4v) is 0.995. The highest BCUT2D eigenvalue weighted by Crippen LogP contribution is 2.16. The third-order valence-electron chi connectivity index (χ3n) is 1.66. The second kappa shape index (κ2) is 4.11. The predicted octanol–water partition coefficient (Wildman–Crippen LogP) is 1.69. The normalized spacial score (nSPS) is 9.46. The lowest BCUT2D eigenvalue weighted by Gasteiger charge is -2.18. The fraction of sp³-hybridized carbons (Fsp3) is 0.125. The number of anilines is 1. The summed E-state index contributed by atoms with van der Waals surface area (Å²) in [4.78, 5) is 1.48. The predicted molar refractivity (Wildman–Crippen MR) is 52.5 cm³/mol. The zero-order valence-electron chi connectivity index (χ0n) is 7.08. The smallest absolute Gasteiger partial charge is 0.219 e. The van der Waals surface area contributed by atoms with Gasteiger partial charge in [-0.25, -0.2) is 5.48 Å². The topological polar surface area (TPSA) is 59.4 Å². The van der Waals surface area contributed by atoms with E-state index in [9.17, 15) is 0 Å². The van der Waals surface area contributed by atoms with Gasteiger partial charge < -0.3 is 4.90 Å². The molecule has 70 valence electrons. The van der Waals surface area contributed by atoms with Crippen LogP contribution in [0.5, 0.6) is 0 Å². The number of hydrogen-bond donors (Lipinski definition) is 3. The van der Waals surface area contributed by atoms with E-state index in [1.807, 2.05) is 0 Å². The van der Waals surface area contributed by atoms with E-state index in [1.54, 1.807) is 36.8 Å². The van der Waals surface area contributed by atoms with Gasteiger partial charge in [0, 0.05) is 17.8 Å². The van der Waals surface area contributed by atoms with Gasteiger partial charge in [0.15, 0.2) is 0 Å². The molecule has 0 aliphatic carbocycles. The molecule has 0 amide bonds. The second-order valence-corrected chi connectivity index (χ2v) is 2.93. The molecule has 0 spiro atoms. The summed E-state index contributed by atoms with van der Waals surface area (Å²) >= 11 is 5.69. The molecule has 5 heteroatoms. The van der Waals surface area contributed by atoms with Crippen LogP contribution >= 0.6 is 11.6 Å². The Hall–Kier alpha value is -1.26. The van der Waals surface area contributed by atoms with E-state index < -0.39 is 0 Å². The number of hydrogen-bond acceptors (Lipinski definition) is 2. The van der Waals surface area contributed by atoms with Gasteiger partial charge in [0.05, 0.1) is 0 Å². The van der Waals surface area contributed by atoms with Crippen LogP contribution in [0.1, 0.15) is 0 Å². The lowest BCUT2D eigenvalue weighted by molar-refractivity contribution is 0.231. The van der Waals surface area contributed by atoms with Crippen LogP contribution in [0.3, 0.4) is 0 Å². The molecule has 3 N–H and O–H groups in total. The minimum absolute atomic E-state index is 0.0951. The Bertz CT molecular complexity index is 299. The van der Waals surface area contributed by atoms with Crippen LogP contribution in [0.2, 0.25) is 5.02 Å². The van der Waals surface area contributed by atoms with Crippen molar-refractivity contribution in [1.29, 1.82) is 5.41 Å². The molecule has 0 unspecified atom stereocenters. The van der Waals surface area contributed by atoms with Gasteiger partial charge in [-0.1, -0.05) is 11.6 Å². The maximum atomic E-state index is 8.48. The van der Waals surface area contributed by atoms with Crippen molar-refractivity contribution < 1.29 is 5.21 Å². The molecular formula is C8H10ClN3O. The lowest BCUT2D eigenvalue weighted by Crippen LogP contribution is -2.35. The number of nitrogens with one attached hydrogen (secondary N) is 2. The minimum atomic E-state index is -0.0951. The number of halogens is 1.